The van der Waals surface area contributed by atoms with Crippen molar-refractivity contribution in [1.82, 2.24) is 0 Å². The van der Waals surface area contributed by atoms with E-state index in [1.807, 2.05) is 0 Å². The van der Waals surface area contributed by atoms with Gasteiger partial charge in [0.05, 0.1) is 15.7 Å². The maximum absolute atomic E-state index is 10.6. The van der Waals surface area contributed by atoms with E-state index in [0.717, 1.165) is 0 Å². The van der Waals surface area contributed by atoms with Gasteiger partial charge in [-0.05, 0) is 17.5 Å². The van der Waals surface area contributed by atoms with Crippen LogP contribution in [0.5, 0.6) is 0 Å². The lowest BCUT2D eigenvalue weighted by Gasteiger charge is -2.24. The van der Waals surface area contributed by atoms with E-state index in [9.17, 15) is 4.79 Å². The molecule has 4 heteroatoms. The van der Waals surface area contributed by atoms with Crippen LogP contribution in [0.2, 0.25) is 5.31 Å². The first-order valence-electron chi connectivity index (χ1n) is 2.58. The van der Waals surface area contributed by atoms with Crippen molar-refractivity contribution in [3.8, 4) is 0 Å². The molecule has 1 nitrogen and oxygen atoms in total. The molecule has 0 spiro atoms. The SMILES string of the molecule is [B]C(Cl)C([B])(C)C(C)=O. The van der Waals surface area contributed by atoms with Crippen molar-refractivity contribution in [1.29, 1.82) is 0 Å². The number of hydrogen-bond acceptors (Lipinski definition) is 1. The Morgan fingerprint density at radius 2 is 2.11 bits per heavy atom. The lowest BCUT2D eigenvalue weighted by molar-refractivity contribution is -0.119. The summed E-state index contributed by atoms with van der Waals surface area (Å²) in [6, 6.07) is 0. The molecular formula is C5H7B2ClO. The van der Waals surface area contributed by atoms with Gasteiger partial charge in [-0.3, -0.25) is 0 Å². The molecule has 0 aliphatic rings. The molecule has 0 amide bonds. The maximum Gasteiger partial charge on any atom is 0.127 e. The quantitative estimate of drug-likeness (QED) is 0.406. The number of Topliss-reactive ketones (excluding diaryl/α,β-unsaturated/α-hetero) is 1. The average Bonchev–Trinajstić information content (AvgIpc) is 1.65. The van der Waals surface area contributed by atoms with Gasteiger partial charge in [-0.1, -0.05) is 6.92 Å². The number of ketones is 1. The van der Waals surface area contributed by atoms with Crippen molar-refractivity contribution in [2.45, 2.75) is 24.4 Å². The van der Waals surface area contributed by atoms with E-state index in [4.69, 9.17) is 27.3 Å². The lowest BCUT2D eigenvalue weighted by Crippen LogP contribution is -2.28. The van der Waals surface area contributed by atoms with Gasteiger partial charge >= 0.3 is 0 Å². The summed E-state index contributed by atoms with van der Waals surface area (Å²) < 4.78 is 0. The van der Waals surface area contributed by atoms with E-state index < -0.39 is 10.6 Å². The van der Waals surface area contributed by atoms with Crippen LogP contribution in [0.4, 0.5) is 0 Å². The zero-order valence-corrected chi connectivity index (χ0v) is 6.27. The zero-order chi connectivity index (χ0) is 7.65. The molecule has 2 unspecified atom stereocenters. The molecule has 0 aromatic heterocycles. The van der Waals surface area contributed by atoms with Crippen molar-refractivity contribution in [2.75, 3.05) is 0 Å². The fourth-order valence-corrected chi connectivity index (χ4v) is 0.348. The van der Waals surface area contributed by atoms with Crippen LogP contribution in [0, 0.1) is 0 Å². The molecule has 0 saturated carbocycles. The Balaban J connectivity index is 4.19. The predicted octanol–water partition coefficient (Wildman–Crippen LogP) is 0.656. The van der Waals surface area contributed by atoms with Crippen LogP contribution in [0.25, 0.3) is 0 Å². The summed E-state index contributed by atoms with van der Waals surface area (Å²) in [4.78, 5) is 10.6. The molecule has 0 aromatic rings. The minimum Gasteiger partial charge on any atom is -0.300 e. The second-order valence-corrected chi connectivity index (χ2v) is 2.71. The fraction of sp³-hybridized carbons (Fsp3) is 0.800. The normalized spacial score (nSPS) is 20.3. The summed E-state index contributed by atoms with van der Waals surface area (Å²) in [7, 11) is 10.6. The Morgan fingerprint density at radius 3 is 2.11 bits per heavy atom. The summed E-state index contributed by atoms with van der Waals surface area (Å²) in [5, 5.41) is -1.91. The van der Waals surface area contributed by atoms with Gasteiger partial charge in [0.2, 0.25) is 0 Å². The van der Waals surface area contributed by atoms with Gasteiger partial charge in [-0.2, -0.15) is 0 Å². The standard InChI is InChI=1S/C5H7B2ClO/c1-3(9)5(2,7)4(6)8/h4H,1-2H3. The largest absolute Gasteiger partial charge is 0.300 e. The van der Waals surface area contributed by atoms with E-state index in [2.05, 4.69) is 0 Å². The van der Waals surface area contributed by atoms with Gasteiger partial charge in [-0.15, -0.1) is 11.6 Å². The second kappa shape index (κ2) is 2.78. The number of rotatable bonds is 2. The summed E-state index contributed by atoms with van der Waals surface area (Å²) in [5.41, 5.74) is 0. The van der Waals surface area contributed by atoms with E-state index in [0.29, 0.717) is 0 Å². The molecule has 0 N–H and O–H groups in total. The van der Waals surface area contributed by atoms with Gasteiger partial charge in [0.1, 0.15) is 5.78 Å². The molecule has 0 heterocycles. The zero-order valence-electron chi connectivity index (χ0n) is 5.52. The van der Waals surface area contributed by atoms with Gasteiger partial charge < -0.3 is 4.79 Å². The Morgan fingerprint density at radius 1 is 1.78 bits per heavy atom. The third-order valence-corrected chi connectivity index (χ3v) is 1.78. The molecule has 0 rings (SSSR count). The van der Waals surface area contributed by atoms with E-state index in [-0.39, 0.29) is 5.78 Å². The molecule has 0 aliphatic carbocycles. The van der Waals surface area contributed by atoms with Crippen molar-refractivity contribution < 1.29 is 4.79 Å². The van der Waals surface area contributed by atoms with E-state index in [1.165, 1.54) is 13.8 Å². The summed E-state index contributed by atoms with van der Waals surface area (Å²) in [6.07, 6.45) is 0. The molecule has 4 radical (unpaired) electrons. The van der Waals surface area contributed by atoms with Gasteiger partial charge in [0.25, 0.3) is 0 Å². The van der Waals surface area contributed by atoms with E-state index >= 15 is 0 Å². The third-order valence-electron chi connectivity index (χ3n) is 1.33. The first kappa shape index (κ1) is 9.09. The Hall–Kier alpha value is 0.0899. The van der Waals surface area contributed by atoms with Crippen LogP contribution >= 0.6 is 11.6 Å². The highest BCUT2D eigenvalue weighted by Gasteiger charge is 2.27. The van der Waals surface area contributed by atoms with Crippen molar-refractivity contribution in [2.24, 2.45) is 0 Å². The summed E-state index contributed by atoms with van der Waals surface area (Å²) in [5.74, 6) is -0.204. The Labute approximate surface area is 63.0 Å². The van der Waals surface area contributed by atoms with Crippen LogP contribution in [-0.2, 0) is 4.79 Å². The molecule has 0 fully saturated rings. The smallest absolute Gasteiger partial charge is 0.127 e. The summed E-state index contributed by atoms with van der Waals surface area (Å²) in [6.45, 7) is 2.87. The van der Waals surface area contributed by atoms with Crippen molar-refractivity contribution in [3.63, 3.8) is 0 Å². The summed E-state index contributed by atoms with van der Waals surface area (Å²) >= 11 is 5.40. The molecule has 46 valence electrons. The van der Waals surface area contributed by atoms with Crippen molar-refractivity contribution >= 4 is 33.1 Å². The Kier molecular flexibility index (Phi) is 2.81. The lowest BCUT2D eigenvalue weighted by atomic mass is 9.60. The van der Waals surface area contributed by atoms with Crippen LogP contribution in [0.15, 0.2) is 0 Å². The van der Waals surface area contributed by atoms with Crippen LogP contribution < -0.4 is 0 Å². The number of halogens is 1. The first-order valence-corrected chi connectivity index (χ1v) is 3.02. The fourth-order valence-electron chi connectivity index (χ4n) is 0.194. The molecular weight excluding hydrogens is 133 g/mol. The minimum absolute atomic E-state index is 0.204. The highest BCUT2D eigenvalue weighted by molar-refractivity contribution is 6.48. The molecule has 2 atom stereocenters. The molecule has 0 bridgehead atoms. The van der Waals surface area contributed by atoms with E-state index in [1.54, 1.807) is 0 Å². The molecule has 0 aliphatic heterocycles. The highest BCUT2D eigenvalue weighted by atomic mass is 35.5. The topological polar surface area (TPSA) is 17.1 Å². The van der Waals surface area contributed by atoms with Crippen LogP contribution in [0.1, 0.15) is 13.8 Å². The predicted molar refractivity (Wildman–Crippen MR) is 40.2 cm³/mol. The monoisotopic (exact) mass is 140 g/mol. The number of carbonyl (C=O) groups excluding carboxylic acids is 1. The molecule has 0 aromatic carbocycles. The number of carbonyl (C=O) groups is 1. The Bertz CT molecular complexity index is 122. The number of alkyl halides is 1. The first-order chi connectivity index (χ1) is 3.89. The van der Waals surface area contributed by atoms with Crippen molar-refractivity contribution in [3.05, 3.63) is 0 Å². The number of hydrogen-bond donors (Lipinski definition) is 0. The van der Waals surface area contributed by atoms with Crippen LogP contribution in [-0.4, -0.2) is 26.8 Å². The van der Waals surface area contributed by atoms with Gasteiger partial charge in [-0.25, -0.2) is 0 Å². The highest BCUT2D eigenvalue weighted by Crippen LogP contribution is 2.28. The van der Waals surface area contributed by atoms with Gasteiger partial charge in [0, 0.05) is 0 Å². The minimum atomic E-state index is -1.10. The molecule has 0 saturated heterocycles. The maximum atomic E-state index is 10.6. The average molecular weight is 140 g/mol. The second-order valence-electron chi connectivity index (χ2n) is 2.24. The molecule has 9 heavy (non-hydrogen) atoms. The van der Waals surface area contributed by atoms with Gasteiger partial charge in [0.15, 0.2) is 0 Å². The van der Waals surface area contributed by atoms with Crippen LogP contribution in [0.3, 0.4) is 0 Å². The third kappa shape index (κ3) is 2.05.